The van der Waals surface area contributed by atoms with Gasteiger partial charge < -0.3 is 19.3 Å². The number of carbonyl (C=O) groups is 1. The third kappa shape index (κ3) is 4.59. The molecule has 2 aromatic rings. The summed E-state index contributed by atoms with van der Waals surface area (Å²) in [6, 6.07) is 0. The summed E-state index contributed by atoms with van der Waals surface area (Å²) in [6.07, 6.45) is 3.09. The van der Waals surface area contributed by atoms with Crippen molar-refractivity contribution in [2.75, 3.05) is 19.7 Å². The van der Waals surface area contributed by atoms with Gasteiger partial charge in [-0.3, -0.25) is 14.2 Å². The first-order valence-corrected chi connectivity index (χ1v) is 11.2. The van der Waals surface area contributed by atoms with E-state index in [9.17, 15) is 19.5 Å². The number of ether oxygens (including phenoxy) is 1. The van der Waals surface area contributed by atoms with Gasteiger partial charge in [0.05, 0.1) is 12.7 Å². The predicted octanol–water partition coefficient (Wildman–Crippen LogP) is 0.700. The Morgan fingerprint density at radius 2 is 1.90 bits per heavy atom. The lowest BCUT2D eigenvalue weighted by atomic mass is 10.2. The zero-order valence-electron chi connectivity index (χ0n) is 18.7. The highest BCUT2D eigenvalue weighted by Gasteiger charge is 2.26. The second-order valence-corrected chi connectivity index (χ2v) is 7.93. The number of amides is 1. The number of carbonyl (C=O) groups excluding carboxylic acids is 1. The van der Waals surface area contributed by atoms with E-state index in [0.717, 1.165) is 30.3 Å². The molecule has 0 radical (unpaired) electrons. The van der Waals surface area contributed by atoms with E-state index in [1.54, 1.807) is 9.47 Å². The predicted molar refractivity (Wildman–Crippen MR) is 116 cm³/mol. The molecule has 1 aliphatic rings. The number of morpholine rings is 1. The minimum Gasteiger partial charge on any atom is -0.388 e. The number of hydrogen-bond donors (Lipinski definition) is 1. The van der Waals surface area contributed by atoms with Crippen LogP contribution in [-0.4, -0.2) is 60.4 Å². The van der Waals surface area contributed by atoms with Gasteiger partial charge >= 0.3 is 5.69 Å². The summed E-state index contributed by atoms with van der Waals surface area (Å²) in [5, 5.41) is 9.75. The Bertz CT molecular complexity index is 1040. The minimum atomic E-state index is -0.540. The van der Waals surface area contributed by atoms with Crippen LogP contribution in [0.15, 0.2) is 9.59 Å². The highest BCUT2D eigenvalue weighted by molar-refractivity contribution is 5.77. The molecule has 0 saturated carbocycles. The maximum atomic E-state index is 13.4. The monoisotopic (exact) mass is 435 g/mol. The van der Waals surface area contributed by atoms with Gasteiger partial charge in [-0.05, 0) is 19.3 Å². The lowest BCUT2D eigenvalue weighted by Crippen LogP contribution is -2.49. The van der Waals surface area contributed by atoms with E-state index in [0.29, 0.717) is 38.6 Å². The van der Waals surface area contributed by atoms with Crippen molar-refractivity contribution in [2.24, 2.45) is 0 Å². The first kappa shape index (κ1) is 23.2. The molecule has 1 aliphatic heterocycles. The number of rotatable bonds is 9. The Kier molecular flexibility index (Phi) is 7.66. The summed E-state index contributed by atoms with van der Waals surface area (Å²) in [7, 11) is 0. The van der Waals surface area contributed by atoms with Gasteiger partial charge in [0.2, 0.25) is 5.91 Å². The van der Waals surface area contributed by atoms with Crippen molar-refractivity contribution < 1.29 is 14.6 Å². The molecule has 1 amide bonds. The van der Waals surface area contributed by atoms with Crippen molar-refractivity contribution in [3.63, 3.8) is 0 Å². The molecule has 31 heavy (non-hydrogen) atoms. The van der Waals surface area contributed by atoms with E-state index in [-0.39, 0.29) is 36.3 Å². The maximum Gasteiger partial charge on any atom is 0.333 e. The Hall–Kier alpha value is -2.46. The molecule has 3 rings (SSSR count). The topological polar surface area (TPSA) is 112 Å². The van der Waals surface area contributed by atoms with E-state index >= 15 is 0 Å². The van der Waals surface area contributed by atoms with Crippen molar-refractivity contribution >= 4 is 17.1 Å². The molecule has 2 aromatic heterocycles. The molecular weight excluding hydrogens is 402 g/mol. The molecule has 10 heteroatoms. The van der Waals surface area contributed by atoms with Crippen molar-refractivity contribution in [3.05, 3.63) is 26.7 Å². The molecule has 10 nitrogen and oxygen atoms in total. The Morgan fingerprint density at radius 1 is 1.13 bits per heavy atom. The fourth-order valence-electron chi connectivity index (χ4n) is 4.01. The number of aliphatic hydroxyl groups is 1. The van der Waals surface area contributed by atoms with E-state index in [1.165, 1.54) is 4.57 Å². The number of aliphatic hydroxyl groups excluding tert-OH is 1. The zero-order chi connectivity index (χ0) is 22.5. The van der Waals surface area contributed by atoms with Gasteiger partial charge in [0.1, 0.15) is 19.0 Å². The standard InChI is InChI=1S/C21H33N5O5/c1-4-7-9-25-19-18(24(8-5-2)16(14-27)22-19)20(29)26(21(25)30)13-17(28)23-10-11-31-15(6-3)12-23/h15,27H,4-14H2,1-3H3. The summed E-state index contributed by atoms with van der Waals surface area (Å²) in [6.45, 7) is 7.55. The molecule has 1 atom stereocenters. The van der Waals surface area contributed by atoms with Gasteiger partial charge in [-0.25, -0.2) is 14.3 Å². The number of nitrogens with zero attached hydrogens (tertiary/aromatic N) is 5. The van der Waals surface area contributed by atoms with Gasteiger partial charge in [0.15, 0.2) is 11.2 Å². The van der Waals surface area contributed by atoms with Crippen LogP contribution in [0.5, 0.6) is 0 Å². The second kappa shape index (κ2) is 10.2. The molecule has 0 spiro atoms. The molecule has 1 N–H and O–H groups in total. The number of aryl methyl sites for hydroxylation is 2. The van der Waals surface area contributed by atoms with E-state index < -0.39 is 11.2 Å². The first-order valence-electron chi connectivity index (χ1n) is 11.2. The molecule has 1 saturated heterocycles. The second-order valence-electron chi connectivity index (χ2n) is 7.93. The molecule has 3 heterocycles. The number of unbranched alkanes of at least 4 members (excludes halogenated alkanes) is 1. The third-order valence-electron chi connectivity index (χ3n) is 5.76. The third-order valence-corrected chi connectivity index (χ3v) is 5.76. The van der Waals surface area contributed by atoms with Crippen LogP contribution in [0.1, 0.15) is 52.3 Å². The van der Waals surface area contributed by atoms with Crippen LogP contribution in [0.25, 0.3) is 11.2 Å². The van der Waals surface area contributed by atoms with Crippen LogP contribution in [0.3, 0.4) is 0 Å². The molecule has 1 unspecified atom stereocenters. The normalized spacial score (nSPS) is 16.9. The summed E-state index contributed by atoms with van der Waals surface area (Å²) in [5.41, 5.74) is -0.530. The molecule has 0 aromatic carbocycles. The van der Waals surface area contributed by atoms with Crippen LogP contribution < -0.4 is 11.2 Å². The summed E-state index contributed by atoms with van der Waals surface area (Å²) in [4.78, 5) is 45.6. The summed E-state index contributed by atoms with van der Waals surface area (Å²) >= 11 is 0. The molecular formula is C21H33N5O5. The fourth-order valence-corrected chi connectivity index (χ4v) is 4.01. The van der Waals surface area contributed by atoms with Crippen LogP contribution >= 0.6 is 0 Å². The van der Waals surface area contributed by atoms with Crippen molar-refractivity contribution in [1.82, 2.24) is 23.6 Å². The largest absolute Gasteiger partial charge is 0.388 e. The number of aromatic nitrogens is 4. The Morgan fingerprint density at radius 3 is 2.55 bits per heavy atom. The van der Waals surface area contributed by atoms with Crippen molar-refractivity contribution in [2.45, 2.75) is 78.8 Å². The Balaban J connectivity index is 2.10. The lowest BCUT2D eigenvalue weighted by Gasteiger charge is -2.32. The summed E-state index contributed by atoms with van der Waals surface area (Å²) < 4.78 is 9.77. The smallest absolute Gasteiger partial charge is 0.333 e. The van der Waals surface area contributed by atoms with Gasteiger partial charge in [-0.1, -0.05) is 27.2 Å². The summed E-state index contributed by atoms with van der Waals surface area (Å²) in [5.74, 6) is 0.0768. The Labute approximate surface area is 181 Å². The number of fused-ring (bicyclic) bond motifs is 1. The number of imidazole rings is 1. The maximum absolute atomic E-state index is 13.4. The van der Waals surface area contributed by atoms with E-state index in [4.69, 9.17) is 4.74 Å². The number of hydrogen-bond acceptors (Lipinski definition) is 6. The molecule has 172 valence electrons. The highest BCUT2D eigenvalue weighted by Crippen LogP contribution is 2.14. The SMILES string of the molecule is CCCCn1c(=O)n(CC(=O)N2CCOC(CC)C2)c(=O)c2c1nc(CO)n2CCC. The molecule has 1 fully saturated rings. The zero-order valence-corrected chi connectivity index (χ0v) is 18.7. The molecule has 0 bridgehead atoms. The van der Waals surface area contributed by atoms with E-state index in [2.05, 4.69) is 4.98 Å². The van der Waals surface area contributed by atoms with E-state index in [1.807, 2.05) is 20.8 Å². The van der Waals surface area contributed by atoms with Gasteiger partial charge in [0, 0.05) is 26.2 Å². The average molecular weight is 436 g/mol. The van der Waals surface area contributed by atoms with Gasteiger partial charge in [-0.15, -0.1) is 0 Å². The van der Waals surface area contributed by atoms with Crippen molar-refractivity contribution in [1.29, 1.82) is 0 Å². The molecule has 0 aliphatic carbocycles. The first-order chi connectivity index (χ1) is 15.0. The van der Waals surface area contributed by atoms with Crippen LogP contribution in [-0.2, 0) is 35.8 Å². The van der Waals surface area contributed by atoms with Gasteiger partial charge in [-0.2, -0.15) is 0 Å². The quantitative estimate of drug-likeness (QED) is 0.621. The minimum absolute atomic E-state index is 0.0313. The fraction of sp³-hybridized carbons (Fsp3) is 0.714. The van der Waals surface area contributed by atoms with Crippen molar-refractivity contribution in [3.8, 4) is 0 Å². The highest BCUT2D eigenvalue weighted by atomic mass is 16.5. The van der Waals surface area contributed by atoms with Gasteiger partial charge in [0.25, 0.3) is 5.56 Å². The van der Waals surface area contributed by atoms with Crippen LogP contribution in [0.2, 0.25) is 0 Å². The van der Waals surface area contributed by atoms with Crippen LogP contribution in [0.4, 0.5) is 0 Å². The average Bonchev–Trinajstić information content (AvgIpc) is 3.15. The lowest BCUT2D eigenvalue weighted by molar-refractivity contribution is -0.139. The van der Waals surface area contributed by atoms with Crippen LogP contribution in [0, 0.1) is 0 Å².